The van der Waals surface area contributed by atoms with Gasteiger partial charge in [0, 0.05) is 6.54 Å². The van der Waals surface area contributed by atoms with Gasteiger partial charge in [-0.1, -0.05) is 42.5 Å². The Hall–Kier alpha value is -2.33. The molecule has 114 valence electrons. The molecule has 0 aliphatic carbocycles. The number of aliphatic hydroxyl groups is 1. The highest BCUT2D eigenvalue weighted by Crippen LogP contribution is 2.26. The zero-order chi connectivity index (χ0) is 15.5. The first kappa shape index (κ1) is 14.6. The smallest absolute Gasteiger partial charge is 0.254 e. The van der Waals surface area contributed by atoms with Crippen LogP contribution in [0.3, 0.4) is 0 Å². The number of carbonyl (C=O) groups is 1. The molecule has 1 aliphatic rings. The van der Waals surface area contributed by atoms with Gasteiger partial charge in [-0.15, -0.1) is 0 Å². The van der Waals surface area contributed by atoms with Gasteiger partial charge in [0.1, 0.15) is 5.75 Å². The topological polar surface area (TPSA) is 49.8 Å². The Balaban J connectivity index is 1.69. The third-order valence-electron chi connectivity index (χ3n) is 4.10. The van der Waals surface area contributed by atoms with Gasteiger partial charge in [0.15, 0.2) is 6.10 Å². The summed E-state index contributed by atoms with van der Waals surface area (Å²) in [6, 6.07) is 17.4. The fourth-order valence-electron chi connectivity index (χ4n) is 2.79. The van der Waals surface area contributed by atoms with Gasteiger partial charge in [0.05, 0.1) is 13.2 Å². The number of hydrogen-bond donors (Lipinski definition) is 1. The van der Waals surface area contributed by atoms with Crippen LogP contribution < -0.4 is 4.74 Å². The lowest BCUT2D eigenvalue weighted by Gasteiger charge is -2.44. The standard InChI is InChI=1S/C18H19NO3/c1-22-15-9-7-14(8-10-15)12-19-16(17(20)18(19)21)11-13-5-3-2-4-6-13/h2-10,16-17,20H,11-12H2,1H3/t16-,17+/m0/s1. The Bertz CT molecular complexity index is 639. The average Bonchev–Trinajstić information content (AvgIpc) is 2.59. The maximum absolute atomic E-state index is 11.9. The number of hydrogen-bond acceptors (Lipinski definition) is 3. The lowest BCUT2D eigenvalue weighted by molar-refractivity contribution is -0.167. The van der Waals surface area contributed by atoms with Gasteiger partial charge in [-0.25, -0.2) is 0 Å². The Morgan fingerprint density at radius 3 is 2.36 bits per heavy atom. The largest absolute Gasteiger partial charge is 0.497 e. The lowest BCUT2D eigenvalue weighted by atomic mass is 9.91. The van der Waals surface area contributed by atoms with Crippen LogP contribution in [0.4, 0.5) is 0 Å². The molecule has 1 N–H and O–H groups in total. The quantitative estimate of drug-likeness (QED) is 0.859. The molecule has 4 nitrogen and oxygen atoms in total. The first-order valence-electron chi connectivity index (χ1n) is 7.34. The van der Waals surface area contributed by atoms with Crippen molar-refractivity contribution in [2.45, 2.75) is 25.1 Å². The number of aliphatic hydroxyl groups excluding tert-OH is 1. The first-order chi connectivity index (χ1) is 10.7. The van der Waals surface area contributed by atoms with Crippen LogP contribution in [0.15, 0.2) is 54.6 Å². The van der Waals surface area contributed by atoms with Gasteiger partial charge in [-0.3, -0.25) is 4.79 Å². The third-order valence-corrected chi connectivity index (χ3v) is 4.10. The van der Waals surface area contributed by atoms with Crippen molar-refractivity contribution in [1.29, 1.82) is 0 Å². The molecular weight excluding hydrogens is 278 g/mol. The number of β-lactam (4-membered cyclic amide) rings is 1. The van der Waals surface area contributed by atoms with Crippen LogP contribution in [0.1, 0.15) is 11.1 Å². The van der Waals surface area contributed by atoms with E-state index in [1.807, 2.05) is 54.6 Å². The predicted molar refractivity (Wildman–Crippen MR) is 83.5 cm³/mol. The molecule has 1 fully saturated rings. The minimum Gasteiger partial charge on any atom is -0.497 e. The summed E-state index contributed by atoms with van der Waals surface area (Å²) in [6.45, 7) is 0.511. The minimum atomic E-state index is -0.890. The predicted octanol–water partition coefficient (Wildman–Crippen LogP) is 2.01. The molecule has 0 saturated carbocycles. The van der Waals surface area contributed by atoms with Crippen molar-refractivity contribution in [1.82, 2.24) is 4.90 Å². The van der Waals surface area contributed by atoms with Crippen LogP contribution in [-0.2, 0) is 17.8 Å². The number of ether oxygens (including phenoxy) is 1. The maximum Gasteiger partial charge on any atom is 0.254 e. The fourth-order valence-corrected chi connectivity index (χ4v) is 2.79. The minimum absolute atomic E-state index is 0.156. The highest BCUT2D eigenvalue weighted by atomic mass is 16.5. The molecule has 2 atom stereocenters. The van der Waals surface area contributed by atoms with E-state index in [9.17, 15) is 9.90 Å². The van der Waals surface area contributed by atoms with Crippen molar-refractivity contribution in [3.05, 3.63) is 65.7 Å². The molecule has 0 aromatic heterocycles. The molecule has 0 radical (unpaired) electrons. The number of carbonyl (C=O) groups excluding carboxylic acids is 1. The normalized spacial score (nSPS) is 20.6. The van der Waals surface area contributed by atoms with E-state index in [4.69, 9.17) is 4.74 Å². The summed E-state index contributed by atoms with van der Waals surface area (Å²) >= 11 is 0. The van der Waals surface area contributed by atoms with E-state index in [0.717, 1.165) is 16.9 Å². The third kappa shape index (κ3) is 2.83. The summed E-state index contributed by atoms with van der Waals surface area (Å²) in [7, 11) is 1.63. The van der Waals surface area contributed by atoms with Crippen molar-refractivity contribution in [3.8, 4) is 5.75 Å². The van der Waals surface area contributed by atoms with Crippen molar-refractivity contribution >= 4 is 5.91 Å². The van der Waals surface area contributed by atoms with E-state index < -0.39 is 6.10 Å². The highest BCUT2D eigenvalue weighted by molar-refractivity contribution is 5.88. The monoisotopic (exact) mass is 297 g/mol. The molecule has 1 aliphatic heterocycles. The maximum atomic E-state index is 11.9. The molecule has 1 heterocycles. The number of methoxy groups -OCH3 is 1. The number of nitrogens with zero attached hydrogens (tertiary/aromatic N) is 1. The summed E-state index contributed by atoms with van der Waals surface area (Å²) in [5.74, 6) is 0.594. The van der Waals surface area contributed by atoms with E-state index in [0.29, 0.717) is 13.0 Å². The van der Waals surface area contributed by atoms with Crippen LogP contribution in [0, 0.1) is 0 Å². The second kappa shape index (κ2) is 6.20. The van der Waals surface area contributed by atoms with Crippen LogP contribution in [0.25, 0.3) is 0 Å². The number of benzene rings is 2. The molecule has 2 aromatic carbocycles. The summed E-state index contributed by atoms with van der Waals surface area (Å²) in [6.07, 6.45) is -0.220. The van der Waals surface area contributed by atoms with E-state index >= 15 is 0 Å². The molecule has 1 amide bonds. The summed E-state index contributed by atoms with van der Waals surface area (Å²) in [5, 5.41) is 9.96. The van der Waals surface area contributed by atoms with Gasteiger partial charge in [-0.2, -0.15) is 0 Å². The van der Waals surface area contributed by atoms with E-state index in [-0.39, 0.29) is 11.9 Å². The van der Waals surface area contributed by atoms with Crippen LogP contribution in [0.2, 0.25) is 0 Å². The first-order valence-corrected chi connectivity index (χ1v) is 7.34. The molecule has 2 aromatic rings. The van der Waals surface area contributed by atoms with Gasteiger partial charge in [0.25, 0.3) is 5.91 Å². The van der Waals surface area contributed by atoms with Gasteiger partial charge < -0.3 is 14.7 Å². The van der Waals surface area contributed by atoms with Crippen molar-refractivity contribution in [2.75, 3.05) is 7.11 Å². The molecule has 4 heteroatoms. The zero-order valence-corrected chi connectivity index (χ0v) is 12.5. The Morgan fingerprint density at radius 1 is 1.05 bits per heavy atom. The SMILES string of the molecule is COc1ccc(CN2C(=O)[C@H](O)[C@@H]2Cc2ccccc2)cc1. The highest BCUT2D eigenvalue weighted by Gasteiger charge is 2.45. The zero-order valence-electron chi connectivity index (χ0n) is 12.5. The number of likely N-dealkylation sites (tertiary alicyclic amines) is 1. The Morgan fingerprint density at radius 2 is 1.73 bits per heavy atom. The van der Waals surface area contributed by atoms with Gasteiger partial charge >= 0.3 is 0 Å². The summed E-state index contributed by atoms with van der Waals surface area (Å²) in [4.78, 5) is 13.7. The molecule has 0 bridgehead atoms. The second-order valence-electron chi connectivity index (χ2n) is 5.52. The number of rotatable bonds is 5. The summed E-state index contributed by atoms with van der Waals surface area (Å²) < 4.78 is 5.13. The Labute approximate surface area is 130 Å². The van der Waals surface area contributed by atoms with Crippen molar-refractivity contribution in [2.24, 2.45) is 0 Å². The molecule has 1 saturated heterocycles. The molecule has 22 heavy (non-hydrogen) atoms. The van der Waals surface area contributed by atoms with E-state index in [1.165, 1.54) is 0 Å². The molecule has 3 rings (SSSR count). The van der Waals surface area contributed by atoms with Gasteiger partial charge in [-0.05, 0) is 29.7 Å². The van der Waals surface area contributed by atoms with Crippen LogP contribution in [-0.4, -0.2) is 35.2 Å². The average molecular weight is 297 g/mol. The Kier molecular flexibility index (Phi) is 4.11. The van der Waals surface area contributed by atoms with E-state index in [1.54, 1.807) is 12.0 Å². The number of amides is 1. The van der Waals surface area contributed by atoms with Crippen LogP contribution in [0.5, 0.6) is 5.75 Å². The van der Waals surface area contributed by atoms with E-state index in [2.05, 4.69) is 0 Å². The van der Waals surface area contributed by atoms with Crippen molar-refractivity contribution in [3.63, 3.8) is 0 Å². The van der Waals surface area contributed by atoms with Crippen molar-refractivity contribution < 1.29 is 14.6 Å². The fraction of sp³-hybridized carbons (Fsp3) is 0.278. The van der Waals surface area contributed by atoms with Crippen LogP contribution >= 0.6 is 0 Å². The second-order valence-corrected chi connectivity index (χ2v) is 5.52. The summed E-state index contributed by atoms with van der Waals surface area (Å²) in [5.41, 5.74) is 2.15. The lowest BCUT2D eigenvalue weighted by Crippen LogP contribution is -2.64. The van der Waals surface area contributed by atoms with Gasteiger partial charge in [0.2, 0.25) is 0 Å². The molecule has 0 spiro atoms. The molecule has 0 unspecified atom stereocenters. The molecular formula is C18H19NO3.